The Morgan fingerprint density at radius 3 is 2.72 bits per heavy atom. The highest BCUT2D eigenvalue weighted by Gasteiger charge is 2.43. The minimum absolute atomic E-state index is 0.176. The van der Waals surface area contributed by atoms with Crippen LogP contribution in [0.25, 0.3) is 0 Å². The van der Waals surface area contributed by atoms with Crippen LogP contribution in [-0.2, 0) is 17.4 Å². The first kappa shape index (κ1) is 22.0. The first-order chi connectivity index (χ1) is 15.3. The number of benzene rings is 2. The monoisotopic (exact) mass is 445 g/mol. The van der Waals surface area contributed by atoms with Crippen LogP contribution in [0.15, 0.2) is 55.1 Å². The predicted octanol–water partition coefficient (Wildman–Crippen LogP) is 3.88. The molecule has 1 amide bonds. The summed E-state index contributed by atoms with van der Waals surface area (Å²) in [5.41, 5.74) is 1.58. The molecule has 2 heterocycles. The van der Waals surface area contributed by atoms with E-state index < -0.39 is 17.7 Å². The van der Waals surface area contributed by atoms with Crippen LogP contribution >= 0.6 is 0 Å². The van der Waals surface area contributed by atoms with Crippen molar-refractivity contribution in [2.45, 2.75) is 18.6 Å². The van der Waals surface area contributed by atoms with Crippen molar-refractivity contribution in [3.05, 3.63) is 66.2 Å². The van der Waals surface area contributed by atoms with Gasteiger partial charge in [0.05, 0.1) is 30.3 Å². The summed E-state index contributed by atoms with van der Waals surface area (Å²) in [5, 5.41) is 2.84. The first-order valence-corrected chi connectivity index (χ1v) is 10.6. The van der Waals surface area contributed by atoms with Gasteiger partial charge in [0.25, 0.3) is 0 Å². The minimum Gasteiger partial charge on any atom is -0.495 e. The summed E-state index contributed by atoms with van der Waals surface area (Å²) in [6, 6.07) is 11.4. The number of hydrogen-bond donors (Lipinski definition) is 1. The van der Waals surface area contributed by atoms with Crippen molar-refractivity contribution in [1.82, 2.24) is 5.32 Å². The van der Waals surface area contributed by atoms with E-state index in [0.717, 1.165) is 23.2 Å². The van der Waals surface area contributed by atoms with E-state index >= 15 is 0 Å². The first-order valence-electron chi connectivity index (χ1n) is 10.6. The highest BCUT2D eigenvalue weighted by Crippen LogP contribution is 2.41. The van der Waals surface area contributed by atoms with Crippen molar-refractivity contribution >= 4 is 17.3 Å². The third-order valence-corrected chi connectivity index (χ3v) is 6.22. The van der Waals surface area contributed by atoms with Gasteiger partial charge in [0.15, 0.2) is 0 Å². The molecular formula is C24H26F3N3O2. The van der Waals surface area contributed by atoms with Gasteiger partial charge in [0.1, 0.15) is 5.75 Å². The van der Waals surface area contributed by atoms with E-state index in [-0.39, 0.29) is 18.4 Å². The van der Waals surface area contributed by atoms with Crippen LogP contribution in [0.3, 0.4) is 0 Å². The summed E-state index contributed by atoms with van der Waals surface area (Å²) in [5.74, 6) is 0.0907. The number of carbonyl (C=O) groups excluding carboxylic acids is 1. The number of amides is 1. The number of halogens is 3. The van der Waals surface area contributed by atoms with E-state index in [1.165, 1.54) is 6.07 Å². The molecule has 5 nitrogen and oxygen atoms in total. The quantitative estimate of drug-likeness (QED) is 0.710. The van der Waals surface area contributed by atoms with Crippen molar-refractivity contribution in [1.29, 1.82) is 0 Å². The number of piperazine rings is 1. The molecule has 2 aromatic carbocycles. The van der Waals surface area contributed by atoms with Gasteiger partial charge in [-0.2, -0.15) is 13.2 Å². The number of para-hydroxylation sites is 2. The highest BCUT2D eigenvalue weighted by molar-refractivity contribution is 5.82. The maximum absolute atomic E-state index is 13.3. The third kappa shape index (κ3) is 4.13. The summed E-state index contributed by atoms with van der Waals surface area (Å²) < 4.78 is 45.4. The average Bonchev–Trinajstić information content (AvgIpc) is 2.80. The second-order valence-electron chi connectivity index (χ2n) is 8.06. The second-order valence-corrected chi connectivity index (χ2v) is 8.06. The topological polar surface area (TPSA) is 44.8 Å². The summed E-state index contributed by atoms with van der Waals surface area (Å²) in [7, 11) is 1.62. The molecule has 1 saturated heterocycles. The lowest BCUT2D eigenvalue weighted by atomic mass is 9.82. The van der Waals surface area contributed by atoms with Crippen molar-refractivity contribution in [2.24, 2.45) is 5.92 Å². The predicted molar refractivity (Wildman–Crippen MR) is 118 cm³/mol. The zero-order valence-corrected chi connectivity index (χ0v) is 17.9. The molecule has 4 rings (SSSR count). The number of ether oxygens (including phenoxy) is 1. The zero-order chi connectivity index (χ0) is 22.9. The van der Waals surface area contributed by atoms with Gasteiger partial charge in [-0.1, -0.05) is 18.2 Å². The molecule has 0 saturated carbocycles. The maximum atomic E-state index is 13.3. The van der Waals surface area contributed by atoms with E-state index in [1.807, 2.05) is 24.3 Å². The molecule has 2 atom stereocenters. The van der Waals surface area contributed by atoms with Crippen LogP contribution in [0.2, 0.25) is 0 Å². The van der Waals surface area contributed by atoms with Crippen molar-refractivity contribution in [2.75, 3.05) is 43.1 Å². The summed E-state index contributed by atoms with van der Waals surface area (Å²) in [6.07, 6.45) is -2.57. The smallest absolute Gasteiger partial charge is 0.416 e. The number of anilines is 2. The number of rotatable bonds is 5. The number of fused-ring (bicyclic) bond motifs is 3. The Balaban J connectivity index is 1.69. The molecule has 0 aromatic heterocycles. The Labute approximate surface area is 185 Å². The molecule has 170 valence electrons. The van der Waals surface area contributed by atoms with Gasteiger partial charge < -0.3 is 19.9 Å². The van der Waals surface area contributed by atoms with Gasteiger partial charge in [-0.25, -0.2) is 0 Å². The molecule has 0 bridgehead atoms. The van der Waals surface area contributed by atoms with Crippen LogP contribution in [0.5, 0.6) is 5.75 Å². The Morgan fingerprint density at radius 2 is 2.00 bits per heavy atom. The lowest BCUT2D eigenvalue weighted by Crippen LogP contribution is -2.61. The van der Waals surface area contributed by atoms with Crippen molar-refractivity contribution < 1.29 is 22.7 Å². The Morgan fingerprint density at radius 1 is 1.22 bits per heavy atom. The van der Waals surface area contributed by atoms with E-state index in [9.17, 15) is 18.0 Å². The lowest BCUT2D eigenvalue weighted by molar-refractivity contribution is -0.137. The fourth-order valence-electron chi connectivity index (χ4n) is 4.71. The number of alkyl halides is 3. The Bertz CT molecular complexity index is 1010. The zero-order valence-electron chi connectivity index (χ0n) is 17.9. The Hall–Kier alpha value is -3.16. The van der Waals surface area contributed by atoms with Crippen LogP contribution in [-0.4, -0.2) is 45.2 Å². The molecule has 32 heavy (non-hydrogen) atoms. The van der Waals surface area contributed by atoms with Gasteiger partial charge in [0, 0.05) is 31.9 Å². The largest absolute Gasteiger partial charge is 0.495 e. The molecule has 2 aliphatic heterocycles. The van der Waals surface area contributed by atoms with Gasteiger partial charge >= 0.3 is 6.18 Å². The molecule has 0 aliphatic carbocycles. The van der Waals surface area contributed by atoms with Crippen LogP contribution in [0.4, 0.5) is 24.5 Å². The van der Waals surface area contributed by atoms with Gasteiger partial charge in [-0.15, -0.1) is 6.58 Å². The third-order valence-electron chi connectivity index (χ3n) is 6.22. The van der Waals surface area contributed by atoms with Crippen LogP contribution in [0.1, 0.15) is 11.1 Å². The lowest BCUT2D eigenvalue weighted by Gasteiger charge is -2.49. The standard InChI is InChI=1S/C24H26F3N3O2/c1-3-10-28-23(31)18-14-16-13-17(24(25,26)27)8-9-19(16)30-12-11-29(15-21(18)30)20-6-4-5-7-22(20)32-2/h3-9,13,18,21H,1,10-12,14-15H2,2H3,(H,28,31)/t18-,21-/m0/s1. The van der Waals surface area contributed by atoms with Gasteiger partial charge in [-0.3, -0.25) is 4.79 Å². The average molecular weight is 445 g/mol. The fraction of sp³-hybridized carbons (Fsp3) is 0.375. The Kier molecular flexibility index (Phi) is 6.04. The van der Waals surface area contributed by atoms with E-state index in [1.54, 1.807) is 19.3 Å². The number of methoxy groups -OCH3 is 1. The molecule has 2 aliphatic rings. The number of nitrogens with one attached hydrogen (secondary N) is 1. The maximum Gasteiger partial charge on any atom is 0.416 e. The van der Waals surface area contributed by atoms with Gasteiger partial charge in [0.2, 0.25) is 5.91 Å². The molecule has 0 radical (unpaired) electrons. The molecule has 1 fully saturated rings. The van der Waals surface area contributed by atoms with Crippen LogP contribution < -0.4 is 19.9 Å². The summed E-state index contributed by atoms with van der Waals surface area (Å²) in [4.78, 5) is 17.3. The molecule has 0 unspecified atom stereocenters. The number of carbonyl (C=O) groups is 1. The SMILES string of the molecule is C=CCNC(=O)[C@H]1Cc2cc(C(F)(F)F)ccc2N2CCN(c3ccccc3OC)C[C@@H]12. The molecule has 2 aromatic rings. The summed E-state index contributed by atoms with van der Waals surface area (Å²) in [6.45, 7) is 5.76. The molecule has 1 N–H and O–H groups in total. The molecule has 0 spiro atoms. The highest BCUT2D eigenvalue weighted by atomic mass is 19.4. The molecular weight excluding hydrogens is 419 g/mol. The van der Waals surface area contributed by atoms with E-state index in [0.29, 0.717) is 31.7 Å². The van der Waals surface area contributed by atoms with E-state index in [4.69, 9.17) is 4.74 Å². The van der Waals surface area contributed by atoms with Gasteiger partial charge in [-0.05, 0) is 42.3 Å². The summed E-state index contributed by atoms with van der Waals surface area (Å²) >= 11 is 0. The molecule has 8 heteroatoms. The normalized spacial score (nSPS) is 20.2. The number of nitrogens with zero attached hydrogens (tertiary/aromatic N) is 2. The second kappa shape index (κ2) is 8.76. The van der Waals surface area contributed by atoms with Crippen LogP contribution in [0, 0.1) is 5.92 Å². The van der Waals surface area contributed by atoms with Crippen molar-refractivity contribution in [3.63, 3.8) is 0 Å². The fourth-order valence-corrected chi connectivity index (χ4v) is 4.71. The number of hydrogen-bond acceptors (Lipinski definition) is 4. The van der Waals surface area contributed by atoms with E-state index in [2.05, 4.69) is 21.7 Å². The minimum atomic E-state index is -4.42. The van der Waals surface area contributed by atoms with Crippen molar-refractivity contribution in [3.8, 4) is 5.75 Å².